The second-order valence-electron chi connectivity index (χ2n) is 2.35. The first-order chi connectivity index (χ1) is 7.25. The molecule has 0 fully saturated rings. The van der Waals surface area contributed by atoms with Gasteiger partial charge in [-0.25, -0.2) is 0 Å². The van der Waals surface area contributed by atoms with Crippen molar-refractivity contribution < 1.29 is 14.3 Å². The summed E-state index contributed by atoms with van der Waals surface area (Å²) in [4.78, 5) is 10.3. The fourth-order valence-corrected chi connectivity index (χ4v) is 1.67. The molecule has 0 saturated carbocycles. The topological polar surface area (TPSA) is 102 Å². The van der Waals surface area contributed by atoms with Gasteiger partial charge in [0, 0.05) is 5.38 Å². The number of hydrogen-bond acceptors (Lipinski definition) is 8. The van der Waals surface area contributed by atoms with Gasteiger partial charge in [-0.15, -0.1) is 15.3 Å². The summed E-state index contributed by atoms with van der Waals surface area (Å²) in [5.74, 6) is -0.802. The van der Waals surface area contributed by atoms with E-state index in [1.54, 1.807) is 5.38 Å². The predicted molar refractivity (Wildman–Crippen MR) is 51.6 cm³/mol. The molecular formula is C6H4N4O3S2. The van der Waals surface area contributed by atoms with Crippen LogP contribution in [-0.4, -0.2) is 36.6 Å². The van der Waals surface area contributed by atoms with Crippen molar-refractivity contribution in [3.63, 3.8) is 0 Å². The average molecular weight is 244 g/mol. The summed E-state index contributed by atoms with van der Waals surface area (Å²) in [6.07, 6.45) is 0. The minimum Gasteiger partial charge on any atom is -0.481 e. The number of carboxylic acid groups (broad SMARTS) is 1. The molecule has 0 spiro atoms. The van der Waals surface area contributed by atoms with E-state index in [-0.39, 0.29) is 16.9 Å². The Morgan fingerprint density at radius 3 is 3.07 bits per heavy atom. The van der Waals surface area contributed by atoms with Crippen molar-refractivity contribution in [3.05, 3.63) is 5.38 Å². The van der Waals surface area contributed by atoms with Crippen LogP contribution >= 0.6 is 23.3 Å². The Kier molecular flexibility index (Phi) is 2.92. The summed E-state index contributed by atoms with van der Waals surface area (Å²) in [5, 5.41) is 21.4. The Bertz CT molecular complexity index is 455. The summed E-state index contributed by atoms with van der Waals surface area (Å²) in [6, 6.07) is 0. The van der Waals surface area contributed by atoms with Gasteiger partial charge in [-0.05, 0) is 11.5 Å². The lowest BCUT2D eigenvalue weighted by Gasteiger charge is -1.88. The van der Waals surface area contributed by atoms with E-state index in [9.17, 15) is 4.79 Å². The minimum atomic E-state index is -0.935. The number of thioether (sulfide) groups is 1. The van der Waals surface area contributed by atoms with Gasteiger partial charge in [-0.3, -0.25) is 4.79 Å². The highest BCUT2D eigenvalue weighted by molar-refractivity contribution is 7.99. The number of nitrogens with zero attached hydrogens (tertiary/aromatic N) is 4. The number of rotatable bonds is 4. The van der Waals surface area contributed by atoms with E-state index in [4.69, 9.17) is 9.52 Å². The highest BCUT2D eigenvalue weighted by Crippen LogP contribution is 2.21. The summed E-state index contributed by atoms with van der Waals surface area (Å²) in [5.41, 5.74) is 0.495. The van der Waals surface area contributed by atoms with Gasteiger partial charge in [-0.1, -0.05) is 16.3 Å². The van der Waals surface area contributed by atoms with E-state index >= 15 is 0 Å². The standard InChI is InChI=1S/C6H4N4O3S2/c11-4(12)2-14-6-9-8-5(13-6)3-1-15-10-7-3/h1H,2H2,(H,11,12). The van der Waals surface area contributed by atoms with Crippen molar-refractivity contribution >= 4 is 29.3 Å². The Hall–Kier alpha value is -1.48. The zero-order chi connectivity index (χ0) is 10.7. The minimum absolute atomic E-state index is 0.114. The zero-order valence-corrected chi connectivity index (χ0v) is 8.79. The van der Waals surface area contributed by atoms with Crippen LogP contribution in [0.1, 0.15) is 0 Å². The van der Waals surface area contributed by atoms with Crippen molar-refractivity contribution in [1.82, 2.24) is 19.8 Å². The summed E-state index contributed by atoms with van der Waals surface area (Å²) >= 11 is 2.13. The summed E-state index contributed by atoms with van der Waals surface area (Å²) in [7, 11) is 0. The van der Waals surface area contributed by atoms with Crippen LogP contribution in [-0.2, 0) is 4.79 Å². The highest BCUT2D eigenvalue weighted by atomic mass is 32.2. The molecule has 78 valence electrons. The molecule has 0 atom stereocenters. The summed E-state index contributed by atoms with van der Waals surface area (Å²) in [6.45, 7) is 0. The van der Waals surface area contributed by atoms with Crippen LogP contribution in [0, 0.1) is 0 Å². The van der Waals surface area contributed by atoms with Gasteiger partial charge in [0.05, 0.1) is 0 Å². The first-order valence-electron chi connectivity index (χ1n) is 3.71. The summed E-state index contributed by atoms with van der Waals surface area (Å²) < 4.78 is 8.81. The maximum atomic E-state index is 10.3. The van der Waals surface area contributed by atoms with E-state index in [0.29, 0.717) is 5.69 Å². The van der Waals surface area contributed by atoms with Crippen LogP contribution in [0.4, 0.5) is 0 Å². The van der Waals surface area contributed by atoms with Crippen molar-refractivity contribution in [3.8, 4) is 11.6 Å². The molecular weight excluding hydrogens is 240 g/mol. The number of aliphatic carboxylic acids is 1. The predicted octanol–water partition coefficient (Wildman–Crippen LogP) is 0.765. The first-order valence-corrected chi connectivity index (χ1v) is 5.53. The lowest BCUT2D eigenvalue weighted by Crippen LogP contribution is -1.97. The van der Waals surface area contributed by atoms with Crippen LogP contribution < -0.4 is 0 Å². The molecule has 0 bridgehead atoms. The maximum absolute atomic E-state index is 10.3. The number of aromatic nitrogens is 4. The maximum Gasteiger partial charge on any atom is 0.314 e. The van der Waals surface area contributed by atoms with Crippen molar-refractivity contribution in [2.45, 2.75) is 5.22 Å². The van der Waals surface area contributed by atoms with E-state index in [1.165, 1.54) is 11.5 Å². The van der Waals surface area contributed by atoms with Crippen LogP contribution in [0.2, 0.25) is 0 Å². The Morgan fingerprint density at radius 2 is 2.40 bits per heavy atom. The normalized spacial score (nSPS) is 10.4. The third-order valence-corrected chi connectivity index (χ3v) is 2.61. The van der Waals surface area contributed by atoms with Crippen molar-refractivity contribution in [1.29, 1.82) is 0 Å². The third-order valence-electron chi connectivity index (χ3n) is 1.30. The molecule has 2 rings (SSSR count). The molecule has 0 unspecified atom stereocenters. The molecule has 15 heavy (non-hydrogen) atoms. The van der Waals surface area contributed by atoms with Gasteiger partial charge in [0.1, 0.15) is 5.75 Å². The molecule has 0 aromatic carbocycles. The SMILES string of the molecule is O=C(O)CSc1nnc(-c2csnn2)o1. The largest absolute Gasteiger partial charge is 0.481 e. The molecule has 0 aliphatic carbocycles. The molecule has 0 aliphatic rings. The fraction of sp³-hybridized carbons (Fsp3) is 0.167. The Morgan fingerprint density at radius 1 is 1.53 bits per heavy atom. The van der Waals surface area contributed by atoms with E-state index in [2.05, 4.69) is 19.8 Å². The van der Waals surface area contributed by atoms with Crippen LogP contribution in [0.25, 0.3) is 11.6 Å². The molecule has 0 amide bonds. The molecule has 1 N–H and O–H groups in total. The van der Waals surface area contributed by atoms with Crippen LogP contribution in [0.15, 0.2) is 15.0 Å². The molecule has 2 heterocycles. The molecule has 0 saturated heterocycles. The van der Waals surface area contributed by atoms with Crippen LogP contribution in [0.5, 0.6) is 0 Å². The second-order valence-corrected chi connectivity index (χ2v) is 3.88. The first kappa shape index (κ1) is 10.1. The van der Waals surface area contributed by atoms with Gasteiger partial charge in [-0.2, -0.15) is 0 Å². The van der Waals surface area contributed by atoms with Crippen molar-refractivity contribution in [2.24, 2.45) is 0 Å². The molecule has 7 nitrogen and oxygen atoms in total. The monoisotopic (exact) mass is 244 g/mol. The number of carboxylic acids is 1. The number of carbonyl (C=O) groups is 1. The smallest absolute Gasteiger partial charge is 0.314 e. The zero-order valence-electron chi connectivity index (χ0n) is 7.15. The lowest BCUT2D eigenvalue weighted by molar-refractivity contribution is -0.133. The van der Waals surface area contributed by atoms with Gasteiger partial charge in [0.25, 0.3) is 11.1 Å². The van der Waals surface area contributed by atoms with Gasteiger partial charge in [0.2, 0.25) is 0 Å². The van der Waals surface area contributed by atoms with Gasteiger partial charge >= 0.3 is 5.97 Å². The molecule has 0 aliphatic heterocycles. The molecule has 0 radical (unpaired) electrons. The van der Waals surface area contributed by atoms with E-state index in [0.717, 1.165) is 11.8 Å². The second kappa shape index (κ2) is 4.36. The molecule has 2 aromatic heterocycles. The quantitative estimate of drug-likeness (QED) is 0.786. The fourth-order valence-electron chi connectivity index (χ4n) is 0.753. The lowest BCUT2D eigenvalue weighted by atomic mass is 10.5. The van der Waals surface area contributed by atoms with Gasteiger partial charge < -0.3 is 9.52 Å². The third kappa shape index (κ3) is 2.50. The van der Waals surface area contributed by atoms with Crippen molar-refractivity contribution in [2.75, 3.05) is 5.75 Å². The number of hydrogen-bond donors (Lipinski definition) is 1. The molecule has 2 aromatic rings. The molecule has 9 heteroatoms. The van der Waals surface area contributed by atoms with E-state index in [1.807, 2.05) is 0 Å². The average Bonchev–Trinajstić information content (AvgIpc) is 2.85. The van der Waals surface area contributed by atoms with Gasteiger partial charge in [0.15, 0.2) is 5.69 Å². The Balaban J connectivity index is 2.08. The van der Waals surface area contributed by atoms with Crippen LogP contribution in [0.3, 0.4) is 0 Å². The van der Waals surface area contributed by atoms with E-state index < -0.39 is 5.97 Å². The highest BCUT2D eigenvalue weighted by Gasteiger charge is 2.12. The Labute approximate surface area is 91.7 Å².